The van der Waals surface area contributed by atoms with Crippen LogP contribution in [0, 0.1) is 5.92 Å². The van der Waals surface area contributed by atoms with Gasteiger partial charge in [-0.15, -0.1) is 0 Å². The van der Waals surface area contributed by atoms with Crippen LogP contribution in [0.25, 0.3) is 0 Å². The predicted octanol–water partition coefficient (Wildman–Crippen LogP) is 2.95. The molecule has 1 unspecified atom stereocenters. The lowest BCUT2D eigenvalue weighted by Crippen LogP contribution is -2.38. The molecule has 1 aromatic rings. The fraction of sp³-hybridized carbons (Fsp3) is 0.500. The fourth-order valence-electron chi connectivity index (χ4n) is 3.22. The van der Waals surface area contributed by atoms with Gasteiger partial charge in [0.2, 0.25) is 0 Å². The molecule has 0 saturated carbocycles. The maximum Gasteiger partial charge on any atom is 0.290 e. The van der Waals surface area contributed by atoms with Crippen molar-refractivity contribution in [1.29, 1.82) is 0 Å². The van der Waals surface area contributed by atoms with Crippen molar-refractivity contribution < 1.29 is 14.7 Å². The average molecular weight is 344 g/mol. The van der Waals surface area contributed by atoms with Crippen LogP contribution in [0.1, 0.15) is 39.3 Å². The summed E-state index contributed by atoms with van der Waals surface area (Å²) in [5, 5.41) is 10.4. The molecule has 5 heteroatoms. The number of benzene rings is 1. The highest BCUT2D eigenvalue weighted by molar-refractivity contribution is 6.09. The van der Waals surface area contributed by atoms with E-state index < -0.39 is 17.7 Å². The predicted molar refractivity (Wildman–Crippen MR) is 98.2 cm³/mol. The molecule has 1 amide bonds. The summed E-state index contributed by atoms with van der Waals surface area (Å²) >= 11 is 0. The summed E-state index contributed by atoms with van der Waals surface area (Å²) in [6.07, 6.45) is 0. The van der Waals surface area contributed by atoms with Crippen molar-refractivity contribution >= 4 is 11.7 Å². The molecule has 25 heavy (non-hydrogen) atoms. The maximum absolute atomic E-state index is 12.7. The Morgan fingerprint density at radius 1 is 1.20 bits per heavy atom. The second kappa shape index (κ2) is 8.30. The summed E-state index contributed by atoms with van der Waals surface area (Å²) in [4.78, 5) is 29.2. The van der Waals surface area contributed by atoms with Crippen molar-refractivity contribution in [3.8, 4) is 0 Å². The second-order valence-electron chi connectivity index (χ2n) is 6.62. The van der Waals surface area contributed by atoms with Gasteiger partial charge in [-0.25, -0.2) is 0 Å². The lowest BCUT2D eigenvalue weighted by molar-refractivity contribution is -0.129. The number of hydrogen-bond acceptors (Lipinski definition) is 4. The molecule has 0 spiro atoms. The van der Waals surface area contributed by atoms with Crippen molar-refractivity contribution in [2.45, 2.75) is 33.7 Å². The summed E-state index contributed by atoms with van der Waals surface area (Å²) in [6, 6.07) is 8.95. The van der Waals surface area contributed by atoms with Crippen LogP contribution >= 0.6 is 0 Å². The smallest absolute Gasteiger partial charge is 0.290 e. The van der Waals surface area contributed by atoms with Gasteiger partial charge >= 0.3 is 0 Å². The first-order chi connectivity index (χ1) is 11.9. The lowest BCUT2D eigenvalue weighted by atomic mass is 9.91. The summed E-state index contributed by atoms with van der Waals surface area (Å²) in [7, 11) is 0. The average Bonchev–Trinajstić information content (AvgIpc) is 2.87. The van der Waals surface area contributed by atoms with Crippen LogP contribution in [0.2, 0.25) is 0 Å². The third-order valence-electron chi connectivity index (χ3n) is 4.76. The van der Waals surface area contributed by atoms with Crippen LogP contribution in [-0.2, 0) is 9.59 Å². The normalized spacial score (nSPS) is 17.9. The minimum atomic E-state index is -0.515. The molecule has 1 aliphatic rings. The summed E-state index contributed by atoms with van der Waals surface area (Å²) in [5.41, 5.74) is 1.08. The van der Waals surface area contributed by atoms with Gasteiger partial charge in [0.15, 0.2) is 11.5 Å². The van der Waals surface area contributed by atoms with Gasteiger partial charge in [-0.3, -0.25) is 9.59 Å². The third-order valence-corrected chi connectivity index (χ3v) is 4.76. The topological polar surface area (TPSA) is 60.9 Å². The maximum atomic E-state index is 12.7. The van der Waals surface area contributed by atoms with Crippen molar-refractivity contribution in [1.82, 2.24) is 9.80 Å². The standard InChI is InChI=1S/C20H28N2O3/c1-5-21(6-2)12-13-22-17(15-10-8-7-9-11-15)16(18(23)14(3)4)19(24)20(22)25/h7-11,14,17,24H,5-6,12-13H2,1-4H3. The minimum absolute atomic E-state index is 0.176. The number of aliphatic hydroxyl groups excluding tert-OH is 1. The monoisotopic (exact) mass is 344 g/mol. The molecule has 136 valence electrons. The number of amides is 1. The molecule has 1 N–H and O–H groups in total. The Balaban J connectivity index is 2.39. The molecular formula is C20H28N2O3. The van der Waals surface area contributed by atoms with Crippen LogP contribution in [0.15, 0.2) is 41.7 Å². The molecular weight excluding hydrogens is 316 g/mol. The van der Waals surface area contributed by atoms with E-state index >= 15 is 0 Å². The van der Waals surface area contributed by atoms with Crippen molar-refractivity contribution in [2.75, 3.05) is 26.2 Å². The Hall–Kier alpha value is -2.14. The molecule has 0 radical (unpaired) electrons. The number of aliphatic hydroxyl groups is 1. The summed E-state index contributed by atoms with van der Waals surface area (Å²) < 4.78 is 0. The highest BCUT2D eigenvalue weighted by atomic mass is 16.3. The molecule has 0 bridgehead atoms. The molecule has 1 atom stereocenters. The van der Waals surface area contributed by atoms with Gasteiger partial charge in [0.1, 0.15) is 0 Å². The number of nitrogens with zero attached hydrogens (tertiary/aromatic N) is 2. The quantitative estimate of drug-likeness (QED) is 0.788. The first-order valence-corrected chi connectivity index (χ1v) is 8.97. The number of rotatable bonds is 8. The number of likely N-dealkylation sites (N-methyl/N-ethyl adjacent to an activating group) is 1. The molecule has 1 aliphatic heterocycles. The van der Waals surface area contributed by atoms with E-state index in [1.54, 1.807) is 18.7 Å². The molecule has 0 fully saturated rings. The zero-order valence-electron chi connectivity index (χ0n) is 15.5. The van der Waals surface area contributed by atoms with Gasteiger partial charge in [0.05, 0.1) is 11.6 Å². The van der Waals surface area contributed by atoms with Gasteiger partial charge in [0, 0.05) is 19.0 Å². The van der Waals surface area contributed by atoms with E-state index in [2.05, 4.69) is 18.7 Å². The van der Waals surface area contributed by atoms with E-state index in [9.17, 15) is 14.7 Å². The van der Waals surface area contributed by atoms with Crippen molar-refractivity contribution in [3.63, 3.8) is 0 Å². The van der Waals surface area contributed by atoms with Crippen molar-refractivity contribution in [3.05, 3.63) is 47.2 Å². The first kappa shape index (κ1) is 19.2. The largest absolute Gasteiger partial charge is 0.503 e. The molecule has 0 saturated heterocycles. The van der Waals surface area contributed by atoms with Gasteiger partial charge < -0.3 is 14.9 Å². The molecule has 0 aromatic heterocycles. The Bertz CT molecular complexity index is 648. The number of carbonyl (C=O) groups excluding carboxylic acids is 2. The van der Waals surface area contributed by atoms with E-state index in [0.29, 0.717) is 13.1 Å². The highest BCUT2D eigenvalue weighted by Crippen LogP contribution is 2.38. The lowest BCUT2D eigenvalue weighted by Gasteiger charge is -2.29. The van der Waals surface area contributed by atoms with Gasteiger partial charge in [-0.1, -0.05) is 58.0 Å². The Labute approximate surface area is 149 Å². The summed E-state index contributed by atoms with van der Waals surface area (Å²) in [6.45, 7) is 10.7. The van der Waals surface area contributed by atoms with Gasteiger partial charge in [-0.2, -0.15) is 0 Å². The van der Waals surface area contributed by atoms with Crippen molar-refractivity contribution in [2.24, 2.45) is 5.92 Å². The number of ketones is 1. The van der Waals surface area contributed by atoms with Crippen LogP contribution < -0.4 is 0 Å². The minimum Gasteiger partial charge on any atom is -0.503 e. The number of carbonyl (C=O) groups is 2. The Morgan fingerprint density at radius 2 is 1.80 bits per heavy atom. The Kier molecular flexibility index (Phi) is 6.37. The van der Waals surface area contributed by atoms with Gasteiger partial charge in [0.25, 0.3) is 5.91 Å². The summed E-state index contributed by atoms with van der Waals surface area (Å²) in [5.74, 6) is -1.30. The molecule has 2 rings (SSSR count). The second-order valence-corrected chi connectivity index (χ2v) is 6.62. The highest BCUT2D eigenvalue weighted by Gasteiger charge is 2.43. The SMILES string of the molecule is CCN(CC)CCN1C(=O)C(O)=C(C(=O)C(C)C)C1c1ccccc1. The number of hydrogen-bond donors (Lipinski definition) is 1. The molecule has 0 aliphatic carbocycles. The van der Waals surface area contributed by atoms with E-state index in [4.69, 9.17) is 0 Å². The van der Waals surface area contributed by atoms with E-state index in [1.165, 1.54) is 0 Å². The van der Waals surface area contributed by atoms with Crippen LogP contribution in [0.4, 0.5) is 0 Å². The fourth-order valence-corrected chi connectivity index (χ4v) is 3.22. The van der Waals surface area contributed by atoms with Gasteiger partial charge in [-0.05, 0) is 18.7 Å². The van der Waals surface area contributed by atoms with Crippen LogP contribution in [0.3, 0.4) is 0 Å². The van der Waals surface area contributed by atoms with Crippen LogP contribution in [0.5, 0.6) is 0 Å². The Morgan fingerprint density at radius 3 is 2.32 bits per heavy atom. The van der Waals surface area contributed by atoms with E-state index in [1.807, 2.05) is 30.3 Å². The molecule has 1 aromatic carbocycles. The van der Waals surface area contributed by atoms with E-state index in [0.717, 1.165) is 18.7 Å². The third kappa shape index (κ3) is 3.93. The first-order valence-electron chi connectivity index (χ1n) is 8.97. The number of Topliss-reactive ketones (excluding diaryl/α,β-unsaturated/α-hetero) is 1. The molecule has 1 heterocycles. The zero-order chi connectivity index (χ0) is 18.6. The van der Waals surface area contributed by atoms with Crippen LogP contribution in [-0.4, -0.2) is 52.8 Å². The molecule has 5 nitrogen and oxygen atoms in total. The zero-order valence-corrected chi connectivity index (χ0v) is 15.5. The van der Waals surface area contributed by atoms with E-state index in [-0.39, 0.29) is 17.3 Å².